The number of hydrogen-bond acceptors (Lipinski definition) is 4. The Morgan fingerprint density at radius 2 is 2.14 bits per heavy atom. The molecule has 1 aromatic rings. The average Bonchev–Trinajstić information content (AvgIpc) is 2.80. The van der Waals surface area contributed by atoms with Gasteiger partial charge in [0.15, 0.2) is 11.6 Å². The third kappa shape index (κ3) is 4.24. The van der Waals surface area contributed by atoms with Crippen LogP contribution in [0.1, 0.15) is 27.2 Å². The molecule has 0 radical (unpaired) electrons. The van der Waals surface area contributed by atoms with Gasteiger partial charge in [0.25, 0.3) is 0 Å². The van der Waals surface area contributed by atoms with E-state index in [0.717, 1.165) is 0 Å². The molecule has 1 aromatic carbocycles. The minimum Gasteiger partial charge on any atom is -0.485 e. The molecule has 0 spiro atoms. The van der Waals surface area contributed by atoms with Crippen LogP contribution in [0, 0.1) is 5.82 Å². The van der Waals surface area contributed by atoms with Crippen LogP contribution in [0.2, 0.25) is 0 Å². The number of halogens is 1. The van der Waals surface area contributed by atoms with Crippen molar-refractivity contribution in [3.63, 3.8) is 0 Å². The van der Waals surface area contributed by atoms with Crippen LogP contribution in [0.25, 0.3) is 0 Å². The summed E-state index contributed by atoms with van der Waals surface area (Å²) in [7, 11) is 0. The number of likely N-dealkylation sites (tertiary alicyclic amines) is 1. The van der Waals surface area contributed by atoms with Crippen LogP contribution >= 0.6 is 0 Å². The molecule has 2 rings (SSSR count). The fourth-order valence-electron chi connectivity index (χ4n) is 2.11. The largest absolute Gasteiger partial charge is 0.485 e. The molecule has 1 atom stereocenters. The molecule has 1 heterocycles. The molecule has 2 N–H and O–H groups in total. The summed E-state index contributed by atoms with van der Waals surface area (Å²) in [5.74, 6) is -0.342. The first-order valence-corrected chi connectivity index (χ1v) is 6.94. The van der Waals surface area contributed by atoms with Crippen LogP contribution in [0.4, 0.5) is 14.9 Å². The Kier molecular flexibility index (Phi) is 4.25. The van der Waals surface area contributed by atoms with Gasteiger partial charge in [-0.15, -0.1) is 0 Å². The standard InChI is InChI=1S/C15H21FN2O3/c1-15(2,3)21-14(19)18-7-6-11(9-18)20-13-8-10(17)4-5-12(13)16/h4-5,8,11H,6-7,9,17H2,1-3H3. The molecule has 116 valence electrons. The highest BCUT2D eigenvalue weighted by atomic mass is 19.1. The quantitative estimate of drug-likeness (QED) is 0.852. The Hall–Kier alpha value is -1.98. The van der Waals surface area contributed by atoms with Gasteiger partial charge in [-0.05, 0) is 32.9 Å². The van der Waals surface area contributed by atoms with Crippen molar-refractivity contribution in [2.45, 2.75) is 38.9 Å². The van der Waals surface area contributed by atoms with Crippen molar-refractivity contribution in [1.29, 1.82) is 0 Å². The second kappa shape index (κ2) is 5.79. The molecule has 1 aliphatic rings. The molecule has 21 heavy (non-hydrogen) atoms. The van der Waals surface area contributed by atoms with Gasteiger partial charge in [-0.3, -0.25) is 0 Å². The Morgan fingerprint density at radius 1 is 1.43 bits per heavy atom. The van der Waals surface area contributed by atoms with Crippen LogP contribution < -0.4 is 10.5 Å². The Balaban J connectivity index is 1.93. The highest BCUT2D eigenvalue weighted by Crippen LogP contribution is 2.24. The van der Waals surface area contributed by atoms with E-state index < -0.39 is 11.4 Å². The number of carbonyl (C=O) groups excluding carboxylic acids is 1. The van der Waals surface area contributed by atoms with Crippen molar-refractivity contribution in [3.8, 4) is 5.75 Å². The second-order valence-electron chi connectivity index (χ2n) is 6.14. The maximum absolute atomic E-state index is 13.6. The minimum atomic E-state index is -0.532. The fourth-order valence-corrected chi connectivity index (χ4v) is 2.11. The number of anilines is 1. The van der Waals surface area contributed by atoms with Gasteiger partial charge in [0.05, 0.1) is 6.54 Å². The molecule has 0 saturated carbocycles. The van der Waals surface area contributed by atoms with Gasteiger partial charge < -0.3 is 20.1 Å². The number of nitrogens with two attached hydrogens (primary N) is 1. The van der Waals surface area contributed by atoms with E-state index in [4.69, 9.17) is 15.2 Å². The molecule has 1 saturated heterocycles. The van der Waals surface area contributed by atoms with E-state index in [1.807, 2.05) is 20.8 Å². The summed E-state index contributed by atoms with van der Waals surface area (Å²) in [4.78, 5) is 13.5. The monoisotopic (exact) mass is 296 g/mol. The fraction of sp³-hybridized carbons (Fsp3) is 0.533. The van der Waals surface area contributed by atoms with Crippen LogP contribution in [0.15, 0.2) is 18.2 Å². The molecule has 6 heteroatoms. The lowest BCUT2D eigenvalue weighted by atomic mass is 10.2. The van der Waals surface area contributed by atoms with E-state index in [9.17, 15) is 9.18 Å². The summed E-state index contributed by atoms with van der Waals surface area (Å²) >= 11 is 0. The van der Waals surface area contributed by atoms with E-state index in [2.05, 4.69) is 0 Å². The molecule has 1 unspecified atom stereocenters. The highest BCUT2D eigenvalue weighted by molar-refractivity contribution is 5.68. The predicted molar refractivity (Wildman–Crippen MR) is 77.7 cm³/mol. The summed E-state index contributed by atoms with van der Waals surface area (Å²) < 4.78 is 24.5. The maximum atomic E-state index is 13.6. The normalized spacial score (nSPS) is 18.7. The van der Waals surface area contributed by atoms with Crippen molar-refractivity contribution in [2.75, 3.05) is 18.8 Å². The highest BCUT2D eigenvalue weighted by Gasteiger charge is 2.31. The first-order chi connectivity index (χ1) is 9.74. The minimum absolute atomic E-state index is 0.117. The lowest BCUT2D eigenvalue weighted by Gasteiger charge is -2.24. The lowest BCUT2D eigenvalue weighted by molar-refractivity contribution is 0.0275. The van der Waals surface area contributed by atoms with Crippen molar-refractivity contribution in [3.05, 3.63) is 24.0 Å². The Bertz CT molecular complexity index is 528. The molecule has 0 aromatic heterocycles. The van der Waals surface area contributed by atoms with Gasteiger partial charge in [-0.1, -0.05) is 0 Å². The zero-order valence-corrected chi connectivity index (χ0v) is 12.6. The second-order valence-corrected chi connectivity index (χ2v) is 6.14. The Morgan fingerprint density at radius 3 is 2.81 bits per heavy atom. The molecule has 1 aliphatic heterocycles. The van der Waals surface area contributed by atoms with E-state index in [1.165, 1.54) is 18.2 Å². The maximum Gasteiger partial charge on any atom is 0.410 e. The van der Waals surface area contributed by atoms with Crippen LogP contribution in [0.3, 0.4) is 0 Å². The van der Waals surface area contributed by atoms with Gasteiger partial charge >= 0.3 is 6.09 Å². The van der Waals surface area contributed by atoms with E-state index in [1.54, 1.807) is 4.90 Å². The van der Waals surface area contributed by atoms with E-state index in [0.29, 0.717) is 25.2 Å². The average molecular weight is 296 g/mol. The topological polar surface area (TPSA) is 64.8 Å². The first-order valence-electron chi connectivity index (χ1n) is 6.94. The summed E-state index contributed by atoms with van der Waals surface area (Å²) in [6.07, 6.45) is 0.00322. The molecule has 5 nitrogen and oxygen atoms in total. The van der Waals surface area contributed by atoms with Crippen molar-refractivity contribution in [1.82, 2.24) is 4.90 Å². The van der Waals surface area contributed by atoms with Crippen molar-refractivity contribution < 1.29 is 18.7 Å². The number of carbonyl (C=O) groups is 1. The predicted octanol–water partition coefficient (Wildman–Crippen LogP) is 2.80. The third-order valence-electron chi connectivity index (χ3n) is 3.05. The van der Waals surface area contributed by atoms with Crippen molar-refractivity contribution >= 4 is 11.8 Å². The number of nitrogens with zero attached hydrogens (tertiary/aromatic N) is 1. The van der Waals surface area contributed by atoms with Gasteiger partial charge in [-0.25, -0.2) is 9.18 Å². The molecular formula is C15H21FN2O3. The first kappa shape index (κ1) is 15.4. The Labute approximate surface area is 123 Å². The van der Waals surface area contributed by atoms with E-state index in [-0.39, 0.29) is 17.9 Å². The van der Waals surface area contributed by atoms with Crippen molar-refractivity contribution in [2.24, 2.45) is 0 Å². The molecule has 1 fully saturated rings. The zero-order valence-electron chi connectivity index (χ0n) is 12.6. The van der Waals surface area contributed by atoms with Crippen LogP contribution in [0.5, 0.6) is 5.75 Å². The van der Waals surface area contributed by atoms with Gasteiger partial charge in [0.2, 0.25) is 0 Å². The number of ether oxygens (including phenoxy) is 2. The summed E-state index contributed by atoms with van der Waals surface area (Å²) in [5.41, 5.74) is 5.52. The SMILES string of the molecule is CC(C)(C)OC(=O)N1CCC(Oc2cc(N)ccc2F)C1. The number of hydrogen-bond donors (Lipinski definition) is 1. The molecular weight excluding hydrogens is 275 g/mol. The smallest absolute Gasteiger partial charge is 0.410 e. The number of benzene rings is 1. The van der Waals surface area contributed by atoms with Crippen LogP contribution in [-0.4, -0.2) is 35.8 Å². The van der Waals surface area contributed by atoms with Gasteiger partial charge in [0.1, 0.15) is 11.7 Å². The summed E-state index contributed by atoms with van der Waals surface area (Å²) in [6, 6.07) is 4.20. The lowest BCUT2D eigenvalue weighted by Crippen LogP contribution is -2.36. The molecule has 0 bridgehead atoms. The summed E-state index contributed by atoms with van der Waals surface area (Å²) in [5, 5.41) is 0. The number of amides is 1. The zero-order chi connectivity index (χ0) is 15.6. The summed E-state index contributed by atoms with van der Waals surface area (Å²) in [6.45, 7) is 6.36. The number of nitrogen functional groups attached to an aromatic ring is 1. The van der Waals surface area contributed by atoms with E-state index >= 15 is 0 Å². The van der Waals surface area contributed by atoms with Crippen LogP contribution in [-0.2, 0) is 4.74 Å². The van der Waals surface area contributed by atoms with Gasteiger partial charge in [-0.2, -0.15) is 0 Å². The van der Waals surface area contributed by atoms with Gasteiger partial charge in [0, 0.05) is 24.7 Å². The number of rotatable bonds is 2. The molecule has 1 amide bonds. The molecule has 0 aliphatic carbocycles. The third-order valence-corrected chi connectivity index (χ3v) is 3.05.